The Labute approximate surface area is 144 Å². The number of carboxylic acids is 1. The van der Waals surface area contributed by atoms with Gasteiger partial charge in [0.2, 0.25) is 0 Å². The highest BCUT2D eigenvalue weighted by atomic mass is 19.1. The number of rotatable bonds is 2. The smallest absolute Gasteiger partial charge is 0.317 e. The van der Waals surface area contributed by atoms with E-state index in [0.717, 1.165) is 12.8 Å². The van der Waals surface area contributed by atoms with Crippen molar-refractivity contribution in [3.05, 3.63) is 29.6 Å². The molecular formula is C18H21FN2O4. The first-order valence-corrected chi connectivity index (χ1v) is 8.71. The number of halogens is 1. The van der Waals surface area contributed by atoms with Crippen molar-refractivity contribution >= 4 is 12.0 Å². The van der Waals surface area contributed by atoms with Crippen LogP contribution in [0.5, 0.6) is 5.75 Å². The van der Waals surface area contributed by atoms with E-state index in [1.54, 1.807) is 17.0 Å². The molecule has 1 saturated heterocycles. The number of benzene rings is 1. The van der Waals surface area contributed by atoms with Crippen LogP contribution in [-0.4, -0.2) is 41.7 Å². The number of para-hydroxylation sites is 1. The van der Waals surface area contributed by atoms with Gasteiger partial charge in [-0.05, 0) is 24.8 Å². The summed E-state index contributed by atoms with van der Waals surface area (Å²) in [7, 11) is 0. The summed E-state index contributed by atoms with van der Waals surface area (Å²) in [4.78, 5) is 26.0. The summed E-state index contributed by atoms with van der Waals surface area (Å²) in [6.07, 6.45) is 2.94. The first kappa shape index (κ1) is 16.2. The molecule has 1 aliphatic carbocycles. The van der Waals surface area contributed by atoms with Crippen LogP contribution in [0.25, 0.3) is 0 Å². The molecule has 1 saturated carbocycles. The summed E-state index contributed by atoms with van der Waals surface area (Å²) in [5, 5.41) is 12.6. The number of carbonyl (C=O) groups is 2. The fraction of sp³-hybridized carbons (Fsp3) is 0.556. The van der Waals surface area contributed by atoms with Crippen LogP contribution in [0.4, 0.5) is 9.18 Å². The summed E-state index contributed by atoms with van der Waals surface area (Å²) in [5.74, 6) is -1.02. The van der Waals surface area contributed by atoms with Gasteiger partial charge in [0.05, 0.1) is 18.1 Å². The average Bonchev–Trinajstić information content (AvgIpc) is 3.14. The minimum atomic E-state index is -0.802. The van der Waals surface area contributed by atoms with Gasteiger partial charge in [0, 0.05) is 25.1 Å². The highest BCUT2D eigenvalue weighted by molar-refractivity contribution is 5.81. The van der Waals surface area contributed by atoms with E-state index < -0.39 is 17.2 Å². The van der Waals surface area contributed by atoms with Crippen LogP contribution in [0.15, 0.2) is 18.2 Å². The predicted octanol–water partition coefficient (Wildman–Crippen LogP) is 2.55. The molecule has 0 unspecified atom stereocenters. The normalized spacial score (nSPS) is 30.4. The molecule has 2 N–H and O–H groups in total. The molecule has 0 aromatic heterocycles. The quantitative estimate of drug-likeness (QED) is 0.861. The van der Waals surface area contributed by atoms with Gasteiger partial charge in [-0.15, -0.1) is 0 Å². The van der Waals surface area contributed by atoms with Gasteiger partial charge in [0.1, 0.15) is 0 Å². The highest BCUT2D eigenvalue weighted by Gasteiger charge is 2.56. The Balaban J connectivity index is 1.49. The number of fused-ring (bicyclic) bond motifs is 2. The van der Waals surface area contributed by atoms with Crippen LogP contribution >= 0.6 is 0 Å². The van der Waals surface area contributed by atoms with Crippen molar-refractivity contribution in [1.29, 1.82) is 0 Å². The maximum Gasteiger partial charge on any atom is 0.317 e. The van der Waals surface area contributed by atoms with E-state index in [4.69, 9.17) is 4.74 Å². The monoisotopic (exact) mass is 348 g/mol. The van der Waals surface area contributed by atoms with Crippen LogP contribution < -0.4 is 10.1 Å². The van der Waals surface area contributed by atoms with Crippen LogP contribution in [0, 0.1) is 17.2 Å². The van der Waals surface area contributed by atoms with E-state index in [1.165, 1.54) is 6.07 Å². The lowest BCUT2D eigenvalue weighted by Crippen LogP contribution is -2.43. The Morgan fingerprint density at radius 3 is 2.96 bits per heavy atom. The van der Waals surface area contributed by atoms with Gasteiger partial charge in [-0.2, -0.15) is 0 Å². The SMILES string of the molecule is O=C(N[C@H]1CCOc2c(F)cccc21)N1C[C@@H]2CCC[C@@]2(C(=O)O)C1. The maximum absolute atomic E-state index is 13.9. The van der Waals surface area contributed by atoms with Crippen molar-refractivity contribution in [3.63, 3.8) is 0 Å². The molecule has 25 heavy (non-hydrogen) atoms. The van der Waals surface area contributed by atoms with E-state index in [0.29, 0.717) is 31.6 Å². The Bertz CT molecular complexity index is 725. The average molecular weight is 348 g/mol. The first-order valence-electron chi connectivity index (χ1n) is 8.71. The zero-order valence-corrected chi connectivity index (χ0v) is 13.8. The first-order chi connectivity index (χ1) is 12.0. The number of carboxylic acid groups (broad SMARTS) is 1. The van der Waals surface area contributed by atoms with Crippen LogP contribution in [-0.2, 0) is 4.79 Å². The van der Waals surface area contributed by atoms with Gasteiger partial charge in [0.15, 0.2) is 11.6 Å². The van der Waals surface area contributed by atoms with E-state index in [2.05, 4.69) is 5.32 Å². The Kier molecular flexibility index (Phi) is 3.81. The van der Waals surface area contributed by atoms with Crippen molar-refractivity contribution in [2.45, 2.75) is 31.7 Å². The molecule has 2 amide bonds. The summed E-state index contributed by atoms with van der Waals surface area (Å²) < 4.78 is 19.2. The van der Waals surface area contributed by atoms with Gasteiger partial charge >= 0.3 is 12.0 Å². The Hall–Kier alpha value is -2.31. The second-order valence-corrected chi connectivity index (χ2v) is 7.23. The van der Waals surface area contributed by atoms with Gasteiger partial charge in [-0.1, -0.05) is 18.6 Å². The molecule has 3 aliphatic rings. The van der Waals surface area contributed by atoms with Crippen molar-refractivity contribution < 1.29 is 23.8 Å². The fourth-order valence-corrected chi connectivity index (χ4v) is 4.57. The number of hydrogen-bond acceptors (Lipinski definition) is 3. The number of nitrogens with zero attached hydrogens (tertiary/aromatic N) is 1. The topological polar surface area (TPSA) is 78.9 Å². The zero-order valence-electron chi connectivity index (χ0n) is 13.8. The molecule has 7 heteroatoms. The number of likely N-dealkylation sites (tertiary alicyclic amines) is 1. The zero-order chi connectivity index (χ0) is 17.6. The van der Waals surface area contributed by atoms with E-state index in [-0.39, 0.29) is 30.3 Å². The number of amides is 2. The van der Waals surface area contributed by atoms with Crippen LogP contribution in [0.2, 0.25) is 0 Å². The second-order valence-electron chi connectivity index (χ2n) is 7.23. The van der Waals surface area contributed by atoms with Crippen molar-refractivity contribution in [3.8, 4) is 5.75 Å². The molecule has 2 aliphatic heterocycles. The molecule has 0 bridgehead atoms. The summed E-state index contributed by atoms with van der Waals surface area (Å²) in [5.41, 5.74) is -0.163. The molecule has 6 nitrogen and oxygen atoms in total. The number of urea groups is 1. The molecule has 0 spiro atoms. The lowest BCUT2D eigenvalue weighted by atomic mass is 9.81. The lowest BCUT2D eigenvalue weighted by Gasteiger charge is -2.29. The van der Waals surface area contributed by atoms with E-state index in [1.807, 2.05) is 0 Å². The third-order valence-electron chi connectivity index (χ3n) is 5.91. The van der Waals surface area contributed by atoms with Crippen molar-refractivity contribution in [2.24, 2.45) is 11.3 Å². The third kappa shape index (κ3) is 2.53. The standard InChI is InChI=1S/C18H21FN2O4/c19-13-5-1-4-12-14(6-8-25-15(12)13)20-17(24)21-9-11-3-2-7-18(11,10-21)16(22)23/h1,4-5,11,14H,2-3,6-10H2,(H,20,24)(H,22,23)/t11-,14-,18+/m0/s1. The second kappa shape index (κ2) is 5.89. The highest BCUT2D eigenvalue weighted by Crippen LogP contribution is 2.49. The molecule has 134 valence electrons. The molecular weight excluding hydrogens is 327 g/mol. The summed E-state index contributed by atoms with van der Waals surface area (Å²) >= 11 is 0. The molecule has 1 aromatic carbocycles. The van der Waals surface area contributed by atoms with E-state index >= 15 is 0 Å². The fourth-order valence-electron chi connectivity index (χ4n) is 4.57. The number of hydrogen-bond donors (Lipinski definition) is 2. The van der Waals surface area contributed by atoms with Gasteiger partial charge in [-0.25, -0.2) is 9.18 Å². The van der Waals surface area contributed by atoms with E-state index in [9.17, 15) is 19.1 Å². The minimum absolute atomic E-state index is 0.0233. The molecule has 0 radical (unpaired) electrons. The number of ether oxygens (including phenoxy) is 1. The number of nitrogens with one attached hydrogen (secondary N) is 1. The number of aliphatic carboxylic acids is 1. The Morgan fingerprint density at radius 1 is 1.36 bits per heavy atom. The Morgan fingerprint density at radius 2 is 2.20 bits per heavy atom. The number of carbonyl (C=O) groups excluding carboxylic acids is 1. The summed E-state index contributed by atoms with van der Waals surface area (Å²) in [6, 6.07) is 4.08. The van der Waals surface area contributed by atoms with Gasteiger partial charge in [-0.3, -0.25) is 4.79 Å². The largest absolute Gasteiger partial charge is 0.490 e. The van der Waals surface area contributed by atoms with Crippen molar-refractivity contribution in [1.82, 2.24) is 10.2 Å². The van der Waals surface area contributed by atoms with Gasteiger partial charge in [0.25, 0.3) is 0 Å². The molecule has 3 atom stereocenters. The van der Waals surface area contributed by atoms with Crippen LogP contribution in [0.1, 0.15) is 37.3 Å². The predicted molar refractivity (Wildman–Crippen MR) is 86.8 cm³/mol. The van der Waals surface area contributed by atoms with Crippen LogP contribution in [0.3, 0.4) is 0 Å². The maximum atomic E-state index is 13.9. The molecule has 2 heterocycles. The molecule has 2 fully saturated rings. The lowest BCUT2D eigenvalue weighted by molar-refractivity contribution is -0.149. The van der Waals surface area contributed by atoms with Crippen molar-refractivity contribution in [2.75, 3.05) is 19.7 Å². The van der Waals surface area contributed by atoms with Gasteiger partial charge < -0.3 is 20.1 Å². The molecule has 1 aromatic rings. The summed E-state index contributed by atoms with van der Waals surface area (Å²) in [6.45, 7) is 1.05. The molecule has 4 rings (SSSR count). The third-order valence-corrected chi connectivity index (χ3v) is 5.91. The minimum Gasteiger partial charge on any atom is -0.490 e.